The van der Waals surface area contributed by atoms with Gasteiger partial charge in [-0.05, 0) is 129 Å². The zero-order valence-electron chi connectivity index (χ0n) is 41.6. The van der Waals surface area contributed by atoms with Crippen LogP contribution in [0.5, 0.6) is 11.5 Å². The Kier molecular flexibility index (Phi) is 15.2. The number of nitrogens with zero attached hydrogens (tertiary/aromatic N) is 4. The monoisotopic (exact) mass is 1040 g/mol. The van der Waals surface area contributed by atoms with Gasteiger partial charge in [0.15, 0.2) is 11.6 Å². The van der Waals surface area contributed by atoms with Crippen molar-refractivity contribution in [2.75, 3.05) is 75.8 Å². The molecule has 15 nitrogen and oxygen atoms in total. The van der Waals surface area contributed by atoms with Crippen molar-refractivity contribution in [1.82, 2.24) is 24.8 Å². The van der Waals surface area contributed by atoms with Gasteiger partial charge in [-0.15, -0.1) is 0 Å². The number of ether oxygens (including phenoxy) is 2. The Morgan fingerprint density at radius 2 is 1.70 bits per heavy atom. The number of rotatable bonds is 14. The average Bonchev–Trinajstić information content (AvgIpc) is 3.84. The first-order chi connectivity index (χ1) is 35.2. The van der Waals surface area contributed by atoms with Crippen LogP contribution in [0, 0.1) is 27.3 Å². The highest BCUT2D eigenvalue weighted by Gasteiger charge is 2.37. The quantitative estimate of drug-likeness (QED) is 0.0613. The van der Waals surface area contributed by atoms with Gasteiger partial charge in [-0.1, -0.05) is 43.2 Å². The number of carbonyl (C=O) groups excluding carboxylic acids is 1. The maximum absolute atomic E-state index is 15.6. The van der Waals surface area contributed by atoms with Gasteiger partial charge in [0.1, 0.15) is 11.4 Å². The number of halogens is 2. The van der Waals surface area contributed by atoms with E-state index in [9.17, 15) is 23.3 Å². The lowest BCUT2D eigenvalue weighted by Gasteiger charge is -2.47. The van der Waals surface area contributed by atoms with Gasteiger partial charge >= 0.3 is 0 Å². The molecule has 73 heavy (non-hydrogen) atoms. The van der Waals surface area contributed by atoms with Crippen molar-refractivity contribution in [3.8, 4) is 11.5 Å². The molecule has 0 bridgehead atoms. The zero-order valence-corrected chi connectivity index (χ0v) is 43.2. The number of amides is 1. The van der Waals surface area contributed by atoms with Crippen molar-refractivity contribution >= 4 is 61.1 Å². The molecule has 0 radical (unpaired) electrons. The van der Waals surface area contributed by atoms with E-state index in [0.717, 1.165) is 116 Å². The molecule has 4 fully saturated rings. The summed E-state index contributed by atoms with van der Waals surface area (Å²) in [6.07, 6.45) is 10.5. The molecule has 4 aromatic carbocycles. The summed E-state index contributed by atoms with van der Waals surface area (Å²) in [5, 5.41) is 20.8. The maximum atomic E-state index is 15.6. The van der Waals surface area contributed by atoms with E-state index < -0.39 is 37.3 Å². The van der Waals surface area contributed by atoms with Crippen LogP contribution in [-0.2, 0) is 14.8 Å². The van der Waals surface area contributed by atoms with E-state index in [1.165, 1.54) is 47.0 Å². The number of aromatic amines is 1. The van der Waals surface area contributed by atoms with E-state index in [1.807, 2.05) is 12.1 Å². The lowest BCUT2D eigenvalue weighted by molar-refractivity contribution is -0.384. The van der Waals surface area contributed by atoms with Gasteiger partial charge in [0, 0.05) is 130 Å². The van der Waals surface area contributed by atoms with Crippen LogP contribution in [0.3, 0.4) is 0 Å². The standard InChI is InChI=1S/C55H66ClFN8O7S/c1-55(2)19-15-39(46(33-55)36-3-5-40(56)6-4-36)35-62-23-25-63(26-24-62)43-11-13-45(52(30-43)72-53-29-38-16-20-59-49(38)32-47(53)57)54(66)61-73(69,70)44-12-14-48(50(31-44)65(67)68)60-41-7-9-42(10-8-41)64-22-21-58-34-51(64)37-17-27-71-28-18-37/h3-6,11-14,16,20,29-32,37,41-42,51,58-60H,7-10,15,17-19,21-28,33-35H2,1-2H3,(H,61,66)/t41-,42-,51?. The minimum absolute atomic E-state index is 0.0318. The molecular weight excluding hydrogens is 971 g/mol. The van der Waals surface area contributed by atoms with Crippen LogP contribution in [0.25, 0.3) is 16.5 Å². The van der Waals surface area contributed by atoms with E-state index in [4.69, 9.17) is 21.1 Å². The Bertz CT molecular complexity index is 2960. The fourth-order valence-electron chi connectivity index (χ4n) is 11.8. The van der Waals surface area contributed by atoms with Crippen LogP contribution in [0.1, 0.15) is 87.6 Å². The smallest absolute Gasteiger partial charge is 0.293 e. The van der Waals surface area contributed by atoms with Gasteiger partial charge in [0.25, 0.3) is 21.6 Å². The van der Waals surface area contributed by atoms with Gasteiger partial charge in [-0.25, -0.2) is 17.5 Å². The molecule has 1 aromatic heterocycles. The zero-order chi connectivity index (χ0) is 50.9. The average molecular weight is 1040 g/mol. The highest BCUT2D eigenvalue weighted by molar-refractivity contribution is 7.90. The highest BCUT2D eigenvalue weighted by Crippen LogP contribution is 2.44. The van der Waals surface area contributed by atoms with Crippen LogP contribution in [0.15, 0.2) is 95.5 Å². The predicted octanol–water partition coefficient (Wildman–Crippen LogP) is 9.99. The lowest BCUT2D eigenvalue weighted by atomic mass is 9.72. The molecule has 18 heteroatoms. The molecule has 4 heterocycles. The summed E-state index contributed by atoms with van der Waals surface area (Å²) in [5.74, 6) is -1.33. The minimum Gasteiger partial charge on any atom is -0.453 e. The molecule has 10 rings (SSSR count). The van der Waals surface area contributed by atoms with E-state index >= 15 is 4.39 Å². The summed E-state index contributed by atoms with van der Waals surface area (Å²) in [4.78, 5) is 35.9. The topological polar surface area (TPSA) is 174 Å². The number of fused-ring (bicyclic) bond motifs is 1. The summed E-state index contributed by atoms with van der Waals surface area (Å²) >= 11 is 6.26. The number of aromatic nitrogens is 1. The molecule has 0 spiro atoms. The van der Waals surface area contributed by atoms with Crippen LogP contribution in [-0.4, -0.2) is 118 Å². The number of hydrogen-bond acceptors (Lipinski definition) is 12. The summed E-state index contributed by atoms with van der Waals surface area (Å²) in [5.41, 5.74) is 5.15. The third-order valence-corrected chi connectivity index (χ3v) is 17.5. The van der Waals surface area contributed by atoms with Crippen molar-refractivity contribution in [3.63, 3.8) is 0 Å². The first-order valence-electron chi connectivity index (χ1n) is 25.9. The molecular formula is C55H66ClFN8O7S. The molecule has 3 aliphatic heterocycles. The fourth-order valence-corrected chi connectivity index (χ4v) is 12.9. The highest BCUT2D eigenvalue weighted by atomic mass is 35.5. The number of anilines is 2. The minimum atomic E-state index is -4.66. The van der Waals surface area contributed by atoms with E-state index in [-0.39, 0.29) is 34.2 Å². The second-order valence-corrected chi connectivity index (χ2v) is 23.4. The molecule has 5 aromatic rings. The number of benzene rings is 4. The van der Waals surface area contributed by atoms with E-state index in [2.05, 4.69) is 61.0 Å². The largest absolute Gasteiger partial charge is 0.453 e. The first-order valence-corrected chi connectivity index (χ1v) is 27.7. The summed E-state index contributed by atoms with van der Waals surface area (Å²) in [7, 11) is -4.66. The number of sulfonamides is 1. The molecule has 1 atom stereocenters. The molecule has 5 aliphatic rings. The summed E-state index contributed by atoms with van der Waals surface area (Å²) in [6.45, 7) is 12.9. The Hall–Kier alpha value is -5.56. The number of piperazine rings is 2. The van der Waals surface area contributed by atoms with Crippen LogP contribution >= 0.6 is 11.6 Å². The van der Waals surface area contributed by atoms with Crippen molar-refractivity contribution in [3.05, 3.63) is 123 Å². The molecule has 1 amide bonds. The number of hydrogen-bond donors (Lipinski definition) is 4. The number of carbonyl (C=O) groups is 1. The molecule has 4 N–H and O–H groups in total. The van der Waals surface area contributed by atoms with E-state index in [1.54, 1.807) is 24.4 Å². The van der Waals surface area contributed by atoms with Gasteiger partial charge < -0.3 is 30.0 Å². The van der Waals surface area contributed by atoms with Gasteiger partial charge in [-0.2, -0.15) is 0 Å². The Morgan fingerprint density at radius 1 is 0.932 bits per heavy atom. The molecule has 2 aliphatic carbocycles. The van der Waals surface area contributed by atoms with Gasteiger partial charge in [0.05, 0.1) is 15.4 Å². The maximum Gasteiger partial charge on any atom is 0.293 e. The van der Waals surface area contributed by atoms with E-state index in [0.29, 0.717) is 52.7 Å². The number of nitro benzene ring substituents is 1. The first kappa shape index (κ1) is 50.9. The third kappa shape index (κ3) is 11.7. The Morgan fingerprint density at radius 3 is 2.45 bits per heavy atom. The van der Waals surface area contributed by atoms with Crippen LogP contribution in [0.4, 0.5) is 21.5 Å². The number of nitrogens with one attached hydrogen (secondary N) is 4. The summed E-state index contributed by atoms with van der Waals surface area (Å²) in [6, 6.07) is 22.1. The van der Waals surface area contributed by atoms with Gasteiger partial charge in [-0.3, -0.25) is 24.7 Å². The Balaban J connectivity index is 0.832. The van der Waals surface area contributed by atoms with Crippen LogP contribution < -0.4 is 25.0 Å². The summed E-state index contributed by atoms with van der Waals surface area (Å²) < 4.78 is 57.5. The normalized spacial score (nSPS) is 22.6. The third-order valence-electron chi connectivity index (χ3n) is 15.9. The lowest BCUT2D eigenvalue weighted by Crippen LogP contribution is -2.59. The van der Waals surface area contributed by atoms with Gasteiger partial charge in [0.2, 0.25) is 0 Å². The molecule has 3 saturated heterocycles. The molecule has 1 saturated carbocycles. The SMILES string of the molecule is CC1(C)CCC(CN2CCN(c3ccc(C(=O)NS(=O)(=O)c4ccc(N[C@H]5CC[C@H](N6CCNCC6C6CCOCC6)CC5)c([N+](=O)[O-])c4)c(Oc4cc5cc[nH]c5cc4F)c3)CC2)=C(c2ccc(Cl)cc2)C1. The number of H-pyrrole nitrogens is 1. The number of nitro groups is 1. The second-order valence-electron chi connectivity index (χ2n) is 21.3. The number of allylic oxidation sites excluding steroid dienone is 1. The van der Waals surface area contributed by atoms with Crippen LogP contribution in [0.2, 0.25) is 5.02 Å². The Labute approximate surface area is 432 Å². The van der Waals surface area contributed by atoms with Crippen molar-refractivity contribution in [2.45, 2.75) is 94.7 Å². The van der Waals surface area contributed by atoms with Crippen molar-refractivity contribution in [2.24, 2.45) is 11.3 Å². The second kappa shape index (κ2) is 21.7. The fraction of sp³-hybridized carbons (Fsp3) is 0.473. The predicted molar refractivity (Wildman–Crippen MR) is 284 cm³/mol. The van der Waals surface area contributed by atoms with Crippen molar-refractivity contribution in [1.29, 1.82) is 0 Å². The molecule has 388 valence electrons. The van der Waals surface area contributed by atoms with Crippen molar-refractivity contribution < 1.29 is 32.0 Å². The molecule has 1 unspecified atom stereocenters.